The van der Waals surface area contributed by atoms with E-state index in [2.05, 4.69) is 10.3 Å². The van der Waals surface area contributed by atoms with E-state index in [1.165, 1.54) is 22.9 Å². The van der Waals surface area contributed by atoms with Crippen LogP contribution >= 0.6 is 0 Å². The van der Waals surface area contributed by atoms with Gasteiger partial charge in [-0.25, -0.2) is 14.2 Å². The number of hydrogen-bond acceptors (Lipinski definition) is 6. The van der Waals surface area contributed by atoms with E-state index in [4.69, 9.17) is 9.47 Å². The SMILES string of the molecule is O=C(Cn1c(=O)n(Cc2ccc3c(c2)OCO3)c(=O)c2ncccc21)NCc1ccc(F)cc1. The summed E-state index contributed by atoms with van der Waals surface area (Å²) in [5, 5.41) is 2.71. The summed E-state index contributed by atoms with van der Waals surface area (Å²) < 4.78 is 26.0. The average Bonchev–Trinajstić information content (AvgIpc) is 3.32. The third kappa shape index (κ3) is 4.13. The monoisotopic (exact) mass is 462 g/mol. The number of nitrogens with zero attached hydrogens (tertiary/aromatic N) is 3. The second kappa shape index (κ2) is 8.81. The second-order valence-electron chi connectivity index (χ2n) is 7.72. The van der Waals surface area contributed by atoms with E-state index in [9.17, 15) is 18.8 Å². The van der Waals surface area contributed by atoms with Crippen LogP contribution in [0.4, 0.5) is 4.39 Å². The highest BCUT2D eigenvalue weighted by Gasteiger charge is 2.18. The van der Waals surface area contributed by atoms with Crippen LogP contribution in [-0.2, 0) is 24.4 Å². The third-order valence-corrected chi connectivity index (χ3v) is 5.47. The Morgan fingerprint density at radius 3 is 2.59 bits per heavy atom. The van der Waals surface area contributed by atoms with E-state index in [0.29, 0.717) is 22.6 Å². The van der Waals surface area contributed by atoms with Crippen molar-refractivity contribution in [1.82, 2.24) is 19.4 Å². The predicted molar refractivity (Wildman–Crippen MR) is 120 cm³/mol. The van der Waals surface area contributed by atoms with Gasteiger partial charge in [-0.3, -0.25) is 18.7 Å². The summed E-state index contributed by atoms with van der Waals surface area (Å²) in [6, 6.07) is 14.1. The number of carbonyl (C=O) groups excluding carboxylic acids is 1. The van der Waals surface area contributed by atoms with Crippen molar-refractivity contribution in [2.24, 2.45) is 0 Å². The molecule has 5 rings (SSSR count). The Balaban J connectivity index is 1.46. The highest BCUT2D eigenvalue weighted by molar-refractivity contribution is 5.79. The standard InChI is InChI=1S/C24H19FN4O5/c25-17-6-3-15(4-7-17)11-27-21(30)13-28-18-2-1-9-26-22(18)23(31)29(24(28)32)12-16-5-8-19-20(10-16)34-14-33-19/h1-10H,11-14H2,(H,27,30). The van der Waals surface area contributed by atoms with Gasteiger partial charge in [-0.2, -0.15) is 0 Å². The minimum atomic E-state index is -0.639. The quantitative estimate of drug-likeness (QED) is 0.469. The molecule has 0 radical (unpaired) electrons. The molecule has 1 aliphatic heterocycles. The first-order chi connectivity index (χ1) is 16.5. The maximum Gasteiger partial charge on any atom is 0.332 e. The first-order valence-corrected chi connectivity index (χ1v) is 10.5. The van der Waals surface area contributed by atoms with Crippen LogP contribution in [-0.4, -0.2) is 26.8 Å². The lowest BCUT2D eigenvalue weighted by atomic mass is 10.2. The van der Waals surface area contributed by atoms with Gasteiger partial charge in [0.1, 0.15) is 12.4 Å². The minimum Gasteiger partial charge on any atom is -0.454 e. The van der Waals surface area contributed by atoms with Gasteiger partial charge in [0.2, 0.25) is 12.7 Å². The molecule has 2 aromatic heterocycles. The fraction of sp³-hybridized carbons (Fsp3) is 0.167. The molecular formula is C24H19FN4O5. The van der Waals surface area contributed by atoms with Gasteiger partial charge >= 0.3 is 5.69 Å². The molecule has 0 spiro atoms. The van der Waals surface area contributed by atoms with Crippen molar-refractivity contribution >= 4 is 16.9 Å². The molecule has 0 unspecified atom stereocenters. The highest BCUT2D eigenvalue weighted by Crippen LogP contribution is 2.32. The van der Waals surface area contributed by atoms with E-state index in [-0.39, 0.29) is 43.3 Å². The molecule has 0 saturated carbocycles. The van der Waals surface area contributed by atoms with Crippen molar-refractivity contribution < 1.29 is 18.7 Å². The molecular weight excluding hydrogens is 443 g/mol. The maximum atomic E-state index is 13.3. The van der Waals surface area contributed by atoms with Gasteiger partial charge in [0.05, 0.1) is 12.1 Å². The van der Waals surface area contributed by atoms with Crippen LogP contribution in [0.15, 0.2) is 70.4 Å². The Labute approximate surface area is 192 Å². The number of nitrogens with one attached hydrogen (secondary N) is 1. The van der Waals surface area contributed by atoms with Gasteiger partial charge < -0.3 is 14.8 Å². The number of rotatable bonds is 6. The van der Waals surface area contributed by atoms with Crippen LogP contribution in [0.5, 0.6) is 11.5 Å². The zero-order chi connectivity index (χ0) is 23.7. The first kappa shape index (κ1) is 21.4. The lowest BCUT2D eigenvalue weighted by Crippen LogP contribution is -2.43. The number of aromatic nitrogens is 3. The minimum absolute atomic E-state index is 0.0297. The number of halogens is 1. The van der Waals surface area contributed by atoms with Crippen LogP contribution in [0.1, 0.15) is 11.1 Å². The van der Waals surface area contributed by atoms with E-state index in [1.807, 2.05) is 0 Å². The van der Waals surface area contributed by atoms with Gasteiger partial charge in [-0.15, -0.1) is 0 Å². The lowest BCUT2D eigenvalue weighted by molar-refractivity contribution is -0.121. The number of fused-ring (bicyclic) bond motifs is 2. The fourth-order valence-electron chi connectivity index (χ4n) is 3.76. The van der Waals surface area contributed by atoms with Crippen molar-refractivity contribution in [3.05, 3.63) is 98.6 Å². The largest absolute Gasteiger partial charge is 0.454 e. The molecule has 3 heterocycles. The summed E-state index contributed by atoms with van der Waals surface area (Å²) in [6.45, 7) is -0.0684. The van der Waals surface area contributed by atoms with Crippen LogP contribution < -0.4 is 26.0 Å². The van der Waals surface area contributed by atoms with Crippen molar-refractivity contribution in [3.63, 3.8) is 0 Å². The van der Waals surface area contributed by atoms with Crippen LogP contribution in [0.3, 0.4) is 0 Å². The smallest absolute Gasteiger partial charge is 0.332 e. The Hall–Kier alpha value is -4.47. The third-order valence-electron chi connectivity index (χ3n) is 5.47. The summed E-state index contributed by atoms with van der Waals surface area (Å²) in [5.41, 5.74) is 0.513. The molecule has 10 heteroatoms. The number of ether oxygens (including phenoxy) is 2. The zero-order valence-corrected chi connectivity index (χ0v) is 17.9. The van der Waals surface area contributed by atoms with E-state index in [0.717, 1.165) is 4.57 Å². The van der Waals surface area contributed by atoms with E-state index < -0.39 is 17.2 Å². The van der Waals surface area contributed by atoms with Gasteiger partial charge in [-0.05, 0) is 47.5 Å². The molecule has 1 N–H and O–H groups in total. The number of carbonyl (C=O) groups is 1. The van der Waals surface area contributed by atoms with Crippen molar-refractivity contribution in [1.29, 1.82) is 0 Å². The van der Waals surface area contributed by atoms with E-state index in [1.54, 1.807) is 42.5 Å². The molecule has 0 atom stereocenters. The summed E-state index contributed by atoms with van der Waals surface area (Å²) in [5.74, 6) is 0.312. The van der Waals surface area contributed by atoms with Crippen LogP contribution in [0, 0.1) is 5.82 Å². The van der Waals surface area contributed by atoms with Gasteiger partial charge in [0, 0.05) is 12.7 Å². The lowest BCUT2D eigenvalue weighted by Gasteiger charge is -2.14. The molecule has 0 aliphatic carbocycles. The summed E-state index contributed by atoms with van der Waals surface area (Å²) in [7, 11) is 0. The number of hydrogen-bond donors (Lipinski definition) is 1. The van der Waals surface area contributed by atoms with Crippen LogP contribution in [0.25, 0.3) is 11.0 Å². The second-order valence-corrected chi connectivity index (χ2v) is 7.72. The van der Waals surface area contributed by atoms with Crippen molar-refractivity contribution in [2.45, 2.75) is 19.6 Å². The molecule has 34 heavy (non-hydrogen) atoms. The molecule has 1 amide bonds. The Morgan fingerprint density at radius 2 is 1.76 bits per heavy atom. The number of pyridine rings is 1. The molecule has 9 nitrogen and oxygen atoms in total. The molecule has 4 aromatic rings. The topological polar surface area (TPSA) is 104 Å². The first-order valence-electron chi connectivity index (χ1n) is 10.5. The normalized spacial score (nSPS) is 12.1. The molecule has 2 aromatic carbocycles. The zero-order valence-electron chi connectivity index (χ0n) is 17.9. The fourth-order valence-corrected chi connectivity index (χ4v) is 3.76. The Morgan fingerprint density at radius 1 is 1.00 bits per heavy atom. The molecule has 1 aliphatic rings. The van der Waals surface area contributed by atoms with Gasteiger partial charge in [0.25, 0.3) is 5.56 Å². The number of benzene rings is 2. The predicted octanol–water partition coefficient (Wildman–Crippen LogP) is 1.79. The van der Waals surface area contributed by atoms with Crippen molar-refractivity contribution in [3.8, 4) is 11.5 Å². The average molecular weight is 462 g/mol. The van der Waals surface area contributed by atoms with Gasteiger partial charge in [0.15, 0.2) is 17.0 Å². The summed E-state index contributed by atoms with van der Waals surface area (Å²) in [4.78, 5) is 43.2. The highest BCUT2D eigenvalue weighted by atomic mass is 19.1. The van der Waals surface area contributed by atoms with Crippen molar-refractivity contribution in [2.75, 3.05) is 6.79 Å². The Kier molecular flexibility index (Phi) is 5.54. The summed E-state index contributed by atoms with van der Waals surface area (Å²) in [6.07, 6.45) is 1.46. The van der Waals surface area contributed by atoms with Gasteiger partial charge in [-0.1, -0.05) is 18.2 Å². The molecule has 0 bridgehead atoms. The molecule has 0 saturated heterocycles. The van der Waals surface area contributed by atoms with Crippen LogP contribution in [0.2, 0.25) is 0 Å². The maximum absolute atomic E-state index is 13.3. The van der Waals surface area contributed by atoms with E-state index >= 15 is 0 Å². The Bertz CT molecular complexity index is 1510. The number of amides is 1. The molecule has 0 fully saturated rings. The summed E-state index contributed by atoms with van der Waals surface area (Å²) >= 11 is 0. The molecule has 172 valence electrons.